The van der Waals surface area contributed by atoms with Gasteiger partial charge in [0.25, 0.3) is 0 Å². The third kappa shape index (κ3) is 6.01. The molecule has 0 bridgehead atoms. The van der Waals surface area contributed by atoms with Gasteiger partial charge in [0.15, 0.2) is 0 Å². The van der Waals surface area contributed by atoms with Crippen molar-refractivity contribution in [2.75, 3.05) is 6.61 Å². The number of aliphatic hydroxyl groups is 3. The fourth-order valence-corrected chi connectivity index (χ4v) is 6.91. The average Bonchev–Trinajstić information content (AvgIpc) is 3.15. The van der Waals surface area contributed by atoms with E-state index in [1.165, 1.54) is 31.3 Å². The summed E-state index contributed by atoms with van der Waals surface area (Å²) in [7, 11) is 0. The molecule has 3 rings (SSSR count). The molecular weight excluding hydrogens is 412 g/mol. The Labute approximate surface area is 201 Å². The third-order valence-electron chi connectivity index (χ3n) is 9.35. The Morgan fingerprint density at radius 1 is 1.21 bits per heavy atom. The van der Waals surface area contributed by atoms with Gasteiger partial charge in [-0.2, -0.15) is 0 Å². The van der Waals surface area contributed by atoms with Gasteiger partial charge in [0.2, 0.25) is 0 Å². The first kappa shape index (κ1) is 26.7. The molecule has 0 saturated heterocycles. The zero-order valence-electron chi connectivity index (χ0n) is 21.5. The van der Waals surface area contributed by atoms with Gasteiger partial charge in [-0.05, 0) is 99.5 Å². The molecule has 33 heavy (non-hydrogen) atoms. The highest BCUT2D eigenvalue weighted by molar-refractivity contribution is 5.38. The first-order valence-electron chi connectivity index (χ1n) is 13.4. The van der Waals surface area contributed by atoms with Gasteiger partial charge in [-0.1, -0.05) is 45.1 Å². The van der Waals surface area contributed by atoms with Crippen LogP contribution in [-0.4, -0.2) is 45.8 Å². The molecule has 0 aliphatic heterocycles. The van der Waals surface area contributed by atoms with E-state index in [0.717, 1.165) is 49.9 Å². The number of allylic oxidation sites excluding steroid dienone is 3. The van der Waals surface area contributed by atoms with Gasteiger partial charge in [-0.3, -0.25) is 0 Å². The molecule has 0 unspecified atom stereocenters. The Kier molecular flexibility index (Phi) is 9.05. The lowest BCUT2D eigenvalue weighted by Crippen LogP contribution is -2.39. The normalized spacial score (nSPS) is 36.4. The lowest BCUT2D eigenvalue weighted by atomic mass is 9.62. The van der Waals surface area contributed by atoms with Crippen LogP contribution in [0.25, 0.3) is 0 Å². The minimum absolute atomic E-state index is 0.234. The van der Waals surface area contributed by atoms with E-state index in [9.17, 15) is 15.3 Å². The highest BCUT2D eigenvalue weighted by Gasteiger charge is 2.51. The van der Waals surface area contributed by atoms with E-state index in [2.05, 4.69) is 46.4 Å². The second kappa shape index (κ2) is 11.2. The van der Waals surface area contributed by atoms with Crippen LogP contribution in [0.4, 0.5) is 0 Å². The predicted octanol–water partition coefficient (Wildman–Crippen LogP) is 5.86. The van der Waals surface area contributed by atoms with Gasteiger partial charge in [0.05, 0.1) is 23.9 Å². The van der Waals surface area contributed by atoms with Crippen molar-refractivity contribution in [2.45, 2.75) is 122 Å². The standard InChI is InChI=1S/C29H48O4/c1-6-29(32,7-2)16-9-17-33-21(4)25-13-14-26-22(10-8-15-28(25,26)5)11-12-23-18-24(30)19-27(31)20(23)3/h11-12,21,24-27,30-32H,3,6-10,13-19H2,1-2,4-5H3/t21-,24-,25-,26+,27+,28-/m1/s1. The lowest BCUT2D eigenvalue weighted by Gasteiger charge is -2.44. The second-order valence-corrected chi connectivity index (χ2v) is 11.3. The molecule has 3 fully saturated rings. The molecule has 4 nitrogen and oxygen atoms in total. The van der Waals surface area contributed by atoms with Crippen LogP contribution < -0.4 is 0 Å². The van der Waals surface area contributed by atoms with Crippen molar-refractivity contribution in [1.29, 1.82) is 0 Å². The lowest BCUT2D eigenvalue weighted by molar-refractivity contribution is -0.0365. The molecule has 0 aromatic carbocycles. The largest absolute Gasteiger partial charge is 0.393 e. The molecule has 3 N–H and O–H groups in total. The summed E-state index contributed by atoms with van der Waals surface area (Å²) in [6, 6.07) is 0. The summed E-state index contributed by atoms with van der Waals surface area (Å²) in [6.45, 7) is 13.6. The quantitative estimate of drug-likeness (QED) is 0.377. The monoisotopic (exact) mass is 460 g/mol. The number of hydrogen-bond donors (Lipinski definition) is 3. The topological polar surface area (TPSA) is 69.9 Å². The van der Waals surface area contributed by atoms with Crippen LogP contribution in [0.2, 0.25) is 0 Å². The molecule has 6 atom stereocenters. The summed E-state index contributed by atoms with van der Waals surface area (Å²) < 4.78 is 6.34. The number of aliphatic hydroxyl groups excluding tert-OH is 2. The van der Waals surface area contributed by atoms with Gasteiger partial charge in [-0.15, -0.1) is 0 Å². The molecule has 3 aliphatic carbocycles. The van der Waals surface area contributed by atoms with Gasteiger partial charge < -0.3 is 20.1 Å². The maximum atomic E-state index is 10.5. The van der Waals surface area contributed by atoms with E-state index in [4.69, 9.17) is 4.74 Å². The number of fused-ring (bicyclic) bond motifs is 1. The smallest absolute Gasteiger partial charge is 0.0811 e. The minimum atomic E-state index is -0.630. The van der Waals surface area contributed by atoms with Crippen LogP contribution >= 0.6 is 0 Å². The number of ether oxygens (including phenoxy) is 1. The second-order valence-electron chi connectivity index (χ2n) is 11.3. The fourth-order valence-electron chi connectivity index (χ4n) is 6.91. The SMILES string of the molecule is C=C1C(=CC=C2CCC[C@]3(C)[C@@H]([C@@H](C)OCCCC(O)(CC)CC)CC[C@@H]23)C[C@@H](O)C[C@@H]1O. The van der Waals surface area contributed by atoms with Crippen molar-refractivity contribution >= 4 is 0 Å². The van der Waals surface area contributed by atoms with Crippen molar-refractivity contribution in [3.05, 3.63) is 35.5 Å². The van der Waals surface area contributed by atoms with E-state index < -0.39 is 17.8 Å². The van der Waals surface area contributed by atoms with Crippen LogP contribution in [-0.2, 0) is 4.74 Å². The van der Waals surface area contributed by atoms with E-state index in [-0.39, 0.29) is 11.5 Å². The molecule has 0 spiro atoms. The molecular formula is C29H48O4. The van der Waals surface area contributed by atoms with Crippen molar-refractivity contribution in [2.24, 2.45) is 17.3 Å². The minimum Gasteiger partial charge on any atom is -0.393 e. The molecule has 3 saturated carbocycles. The van der Waals surface area contributed by atoms with E-state index >= 15 is 0 Å². The van der Waals surface area contributed by atoms with Gasteiger partial charge in [-0.25, -0.2) is 0 Å². The summed E-state index contributed by atoms with van der Waals surface area (Å²) >= 11 is 0. The summed E-state index contributed by atoms with van der Waals surface area (Å²) in [5.74, 6) is 1.14. The van der Waals surface area contributed by atoms with Gasteiger partial charge >= 0.3 is 0 Å². The summed E-state index contributed by atoms with van der Waals surface area (Å²) in [6.07, 6.45) is 13.8. The van der Waals surface area contributed by atoms with Crippen LogP contribution in [0.5, 0.6) is 0 Å². The van der Waals surface area contributed by atoms with Crippen LogP contribution in [0, 0.1) is 17.3 Å². The highest BCUT2D eigenvalue weighted by atomic mass is 16.5. The molecule has 0 aromatic rings. The molecule has 0 heterocycles. The Morgan fingerprint density at radius 3 is 2.64 bits per heavy atom. The Bertz CT molecular complexity index is 734. The molecule has 4 heteroatoms. The van der Waals surface area contributed by atoms with E-state index in [1.54, 1.807) is 0 Å². The summed E-state index contributed by atoms with van der Waals surface area (Å²) in [4.78, 5) is 0. The highest BCUT2D eigenvalue weighted by Crippen LogP contribution is 2.58. The van der Waals surface area contributed by atoms with Gasteiger partial charge in [0, 0.05) is 13.0 Å². The summed E-state index contributed by atoms with van der Waals surface area (Å²) in [5, 5.41) is 30.7. The summed E-state index contributed by atoms with van der Waals surface area (Å²) in [5.41, 5.74) is 3.00. The maximum absolute atomic E-state index is 10.5. The first-order chi connectivity index (χ1) is 15.6. The fraction of sp³-hybridized carbons (Fsp3) is 0.793. The maximum Gasteiger partial charge on any atom is 0.0811 e. The zero-order valence-corrected chi connectivity index (χ0v) is 21.5. The van der Waals surface area contributed by atoms with Crippen molar-refractivity contribution in [3.63, 3.8) is 0 Å². The Morgan fingerprint density at radius 2 is 1.94 bits per heavy atom. The van der Waals surface area contributed by atoms with Crippen LogP contribution in [0.1, 0.15) is 98.3 Å². The van der Waals surface area contributed by atoms with Gasteiger partial charge in [0.1, 0.15) is 0 Å². The third-order valence-corrected chi connectivity index (χ3v) is 9.35. The van der Waals surface area contributed by atoms with E-state index in [0.29, 0.717) is 24.7 Å². The molecule has 0 amide bonds. The average molecular weight is 461 g/mol. The predicted molar refractivity (Wildman–Crippen MR) is 135 cm³/mol. The molecule has 0 aromatic heterocycles. The number of hydrogen-bond acceptors (Lipinski definition) is 4. The van der Waals surface area contributed by atoms with Crippen molar-refractivity contribution in [1.82, 2.24) is 0 Å². The van der Waals surface area contributed by atoms with Crippen molar-refractivity contribution < 1.29 is 20.1 Å². The molecule has 188 valence electrons. The van der Waals surface area contributed by atoms with Crippen LogP contribution in [0.3, 0.4) is 0 Å². The van der Waals surface area contributed by atoms with Crippen molar-refractivity contribution in [3.8, 4) is 0 Å². The Hall–Kier alpha value is -0.940. The number of rotatable bonds is 9. The molecule has 3 aliphatic rings. The Balaban J connectivity index is 1.62. The van der Waals surface area contributed by atoms with E-state index in [1.807, 2.05) is 0 Å². The van der Waals surface area contributed by atoms with Crippen LogP contribution in [0.15, 0.2) is 35.5 Å². The molecule has 0 radical (unpaired) electrons. The zero-order chi connectivity index (χ0) is 24.2. The first-order valence-corrected chi connectivity index (χ1v) is 13.4.